The van der Waals surface area contributed by atoms with Crippen LogP contribution in [0.15, 0.2) is 0 Å². The summed E-state index contributed by atoms with van der Waals surface area (Å²) in [6, 6.07) is 0. The first-order chi connectivity index (χ1) is 6.67. The van der Waals surface area contributed by atoms with E-state index in [4.69, 9.17) is 0 Å². The summed E-state index contributed by atoms with van der Waals surface area (Å²) in [7, 11) is 0. The van der Waals surface area contributed by atoms with Gasteiger partial charge >= 0.3 is 0 Å². The van der Waals surface area contributed by atoms with Gasteiger partial charge in [0.15, 0.2) is 0 Å². The van der Waals surface area contributed by atoms with Crippen molar-refractivity contribution in [2.24, 2.45) is 11.8 Å². The Balaban J connectivity index is 2.33. The minimum absolute atomic E-state index is 0.595. The van der Waals surface area contributed by atoms with Gasteiger partial charge in [-0.15, -0.1) is 0 Å². The van der Waals surface area contributed by atoms with Gasteiger partial charge in [-0.2, -0.15) is 0 Å². The number of hydrogen-bond donors (Lipinski definition) is 0. The number of rotatable bonds is 5. The van der Waals surface area contributed by atoms with E-state index in [1.165, 1.54) is 30.0 Å². The Hall–Kier alpha value is 0.0700. The SMILES string of the molecule is CCC1CCC(CN(CC)S(=O)[O-])C1. The largest absolute Gasteiger partial charge is 0.760 e. The van der Waals surface area contributed by atoms with Crippen molar-refractivity contribution in [2.45, 2.75) is 39.5 Å². The fraction of sp³-hybridized carbons (Fsp3) is 1.00. The summed E-state index contributed by atoms with van der Waals surface area (Å²) < 4.78 is 23.1. The molecule has 0 aliphatic heterocycles. The third-order valence-electron chi connectivity index (χ3n) is 3.25. The molecule has 0 saturated heterocycles. The second-order valence-corrected chi connectivity index (χ2v) is 5.10. The molecule has 1 aliphatic rings. The molecule has 0 spiro atoms. The van der Waals surface area contributed by atoms with Crippen molar-refractivity contribution in [3.63, 3.8) is 0 Å². The van der Waals surface area contributed by atoms with Crippen molar-refractivity contribution in [1.29, 1.82) is 0 Å². The minimum atomic E-state index is -2.03. The van der Waals surface area contributed by atoms with Crippen LogP contribution in [-0.4, -0.2) is 26.2 Å². The number of hydrogen-bond acceptors (Lipinski definition) is 2. The molecule has 0 aromatic heterocycles. The molecule has 1 aliphatic carbocycles. The van der Waals surface area contributed by atoms with Gasteiger partial charge in [-0.1, -0.05) is 26.7 Å². The van der Waals surface area contributed by atoms with Gasteiger partial charge in [-0.3, -0.25) is 4.21 Å². The highest BCUT2D eigenvalue weighted by atomic mass is 32.2. The van der Waals surface area contributed by atoms with Gasteiger partial charge < -0.3 is 4.55 Å². The first-order valence-electron chi connectivity index (χ1n) is 5.51. The van der Waals surface area contributed by atoms with E-state index in [-0.39, 0.29) is 0 Å². The van der Waals surface area contributed by atoms with Crippen LogP contribution in [0.1, 0.15) is 39.5 Å². The van der Waals surface area contributed by atoms with E-state index in [2.05, 4.69) is 6.92 Å². The van der Waals surface area contributed by atoms with Gasteiger partial charge in [0.1, 0.15) is 0 Å². The third-order valence-corrected chi connectivity index (χ3v) is 4.08. The summed E-state index contributed by atoms with van der Waals surface area (Å²) in [6.07, 6.45) is 4.93. The first-order valence-corrected chi connectivity index (χ1v) is 6.54. The summed E-state index contributed by atoms with van der Waals surface area (Å²) >= 11 is -2.03. The predicted molar refractivity (Wildman–Crippen MR) is 57.3 cm³/mol. The Labute approximate surface area is 89.3 Å². The molecule has 0 bridgehead atoms. The van der Waals surface area contributed by atoms with Crippen LogP contribution in [-0.2, 0) is 11.3 Å². The van der Waals surface area contributed by atoms with Gasteiger partial charge in [0.25, 0.3) is 0 Å². The maximum atomic E-state index is 10.8. The predicted octanol–water partition coefficient (Wildman–Crippen LogP) is 1.93. The highest BCUT2D eigenvalue weighted by Gasteiger charge is 2.24. The maximum Gasteiger partial charge on any atom is 0.0209 e. The van der Waals surface area contributed by atoms with Crippen LogP contribution < -0.4 is 0 Å². The van der Waals surface area contributed by atoms with Crippen LogP contribution >= 0.6 is 0 Å². The fourth-order valence-corrected chi connectivity index (χ4v) is 2.84. The lowest BCUT2D eigenvalue weighted by atomic mass is 10.0. The molecule has 84 valence electrons. The van der Waals surface area contributed by atoms with Crippen LogP contribution in [0.4, 0.5) is 0 Å². The van der Waals surface area contributed by atoms with Crippen molar-refractivity contribution in [1.82, 2.24) is 4.31 Å². The topological polar surface area (TPSA) is 43.4 Å². The molecule has 1 fully saturated rings. The van der Waals surface area contributed by atoms with E-state index in [9.17, 15) is 8.76 Å². The summed E-state index contributed by atoms with van der Waals surface area (Å²) in [6.45, 7) is 5.44. The highest BCUT2D eigenvalue weighted by Crippen LogP contribution is 2.33. The summed E-state index contributed by atoms with van der Waals surface area (Å²) in [5.74, 6) is 1.43. The van der Waals surface area contributed by atoms with E-state index in [0.29, 0.717) is 12.5 Å². The minimum Gasteiger partial charge on any atom is -0.760 e. The molecule has 1 saturated carbocycles. The molecule has 0 N–H and O–H groups in total. The third kappa shape index (κ3) is 3.33. The van der Waals surface area contributed by atoms with E-state index < -0.39 is 11.3 Å². The van der Waals surface area contributed by atoms with Crippen LogP contribution in [0.5, 0.6) is 0 Å². The lowest BCUT2D eigenvalue weighted by Gasteiger charge is -2.25. The Morgan fingerprint density at radius 1 is 1.36 bits per heavy atom. The highest BCUT2D eigenvalue weighted by molar-refractivity contribution is 7.76. The zero-order valence-corrected chi connectivity index (χ0v) is 9.89. The zero-order valence-electron chi connectivity index (χ0n) is 9.07. The Kier molecular flexibility index (Phi) is 5.06. The molecule has 3 nitrogen and oxygen atoms in total. The Bertz CT molecular complexity index is 199. The van der Waals surface area contributed by atoms with Gasteiger partial charge in [0, 0.05) is 24.4 Å². The Morgan fingerprint density at radius 3 is 2.43 bits per heavy atom. The van der Waals surface area contributed by atoms with Crippen molar-refractivity contribution < 1.29 is 8.76 Å². The van der Waals surface area contributed by atoms with Crippen LogP contribution in [0.25, 0.3) is 0 Å². The molecular formula is C10H20NO2S-. The van der Waals surface area contributed by atoms with Gasteiger partial charge in [-0.05, 0) is 24.7 Å². The molecular weight excluding hydrogens is 198 g/mol. The lowest BCUT2D eigenvalue weighted by molar-refractivity contribution is 0.336. The quantitative estimate of drug-likeness (QED) is 0.662. The van der Waals surface area contributed by atoms with E-state index in [0.717, 1.165) is 12.5 Å². The van der Waals surface area contributed by atoms with Crippen LogP contribution in [0, 0.1) is 11.8 Å². The second-order valence-electron chi connectivity index (χ2n) is 4.15. The average Bonchev–Trinajstić information content (AvgIpc) is 2.61. The molecule has 14 heavy (non-hydrogen) atoms. The van der Waals surface area contributed by atoms with Crippen LogP contribution in [0.2, 0.25) is 0 Å². The van der Waals surface area contributed by atoms with E-state index in [1.807, 2.05) is 6.92 Å². The smallest absolute Gasteiger partial charge is 0.0209 e. The molecule has 0 amide bonds. The summed E-state index contributed by atoms with van der Waals surface area (Å²) in [5, 5.41) is 0. The molecule has 3 atom stereocenters. The molecule has 4 heteroatoms. The normalized spacial score (nSPS) is 29.7. The Morgan fingerprint density at radius 2 is 2.00 bits per heavy atom. The average molecular weight is 218 g/mol. The zero-order chi connectivity index (χ0) is 10.6. The van der Waals surface area contributed by atoms with Gasteiger partial charge in [-0.25, -0.2) is 4.31 Å². The molecule has 0 aromatic rings. The lowest BCUT2D eigenvalue weighted by Crippen LogP contribution is -2.30. The van der Waals surface area contributed by atoms with E-state index >= 15 is 0 Å². The van der Waals surface area contributed by atoms with Crippen molar-refractivity contribution in [3.05, 3.63) is 0 Å². The molecule has 1 rings (SSSR count). The maximum absolute atomic E-state index is 10.8. The van der Waals surface area contributed by atoms with E-state index in [1.54, 1.807) is 0 Å². The first kappa shape index (κ1) is 12.1. The van der Waals surface area contributed by atoms with Crippen molar-refractivity contribution >= 4 is 11.3 Å². The van der Waals surface area contributed by atoms with Crippen molar-refractivity contribution in [2.75, 3.05) is 13.1 Å². The monoisotopic (exact) mass is 218 g/mol. The standard InChI is InChI=1S/C10H21NO2S/c1-3-9-5-6-10(7-9)8-11(4-2)14(12)13/h9-10H,3-8H2,1-2H3,(H,12,13)/p-1. The molecule has 0 aromatic carbocycles. The van der Waals surface area contributed by atoms with Gasteiger partial charge in [0.05, 0.1) is 0 Å². The van der Waals surface area contributed by atoms with Gasteiger partial charge in [0.2, 0.25) is 0 Å². The van der Waals surface area contributed by atoms with Crippen molar-refractivity contribution in [3.8, 4) is 0 Å². The van der Waals surface area contributed by atoms with Crippen LogP contribution in [0.3, 0.4) is 0 Å². The molecule has 3 unspecified atom stereocenters. The number of nitrogens with zero attached hydrogens (tertiary/aromatic N) is 1. The molecule has 0 radical (unpaired) electrons. The summed E-state index contributed by atoms with van der Waals surface area (Å²) in [5.41, 5.74) is 0. The fourth-order valence-electron chi connectivity index (χ4n) is 2.30. The summed E-state index contributed by atoms with van der Waals surface area (Å²) in [4.78, 5) is 0. The second kappa shape index (κ2) is 5.83. The molecule has 0 heterocycles.